The third kappa shape index (κ3) is 3.93. The highest BCUT2D eigenvalue weighted by molar-refractivity contribution is 7.89. The number of rotatable bonds is 5. The van der Waals surface area contributed by atoms with E-state index in [1.54, 1.807) is 30.3 Å². The smallest absolute Gasteiger partial charge is 0.251 e. The van der Waals surface area contributed by atoms with Gasteiger partial charge in [0.15, 0.2) is 0 Å². The first kappa shape index (κ1) is 17.7. The summed E-state index contributed by atoms with van der Waals surface area (Å²) in [4.78, 5) is 12.5. The number of amides is 1. The third-order valence-corrected chi connectivity index (χ3v) is 6.46. The quantitative estimate of drug-likeness (QED) is 0.887. The van der Waals surface area contributed by atoms with E-state index in [9.17, 15) is 13.2 Å². The molecule has 3 rings (SSSR count). The van der Waals surface area contributed by atoms with Crippen molar-refractivity contribution in [3.05, 3.63) is 54.0 Å². The summed E-state index contributed by atoms with van der Waals surface area (Å²) in [5, 5.41) is 2.73. The first-order valence-corrected chi connectivity index (χ1v) is 9.85. The van der Waals surface area contributed by atoms with E-state index in [1.807, 2.05) is 6.92 Å². The first-order valence-electron chi connectivity index (χ1n) is 8.41. The van der Waals surface area contributed by atoms with Gasteiger partial charge in [-0.25, -0.2) is 8.42 Å². The minimum atomic E-state index is -3.59. The lowest BCUT2D eigenvalue weighted by atomic mass is 10.1. The second kappa shape index (κ2) is 7.41. The second-order valence-electron chi connectivity index (χ2n) is 6.25. The van der Waals surface area contributed by atoms with Crippen molar-refractivity contribution in [3.8, 4) is 0 Å². The number of piperidine rings is 1. The summed E-state index contributed by atoms with van der Waals surface area (Å²) >= 11 is 0. The van der Waals surface area contributed by atoms with Gasteiger partial charge in [-0.15, -0.1) is 0 Å². The minimum absolute atomic E-state index is 0.0183. The van der Waals surface area contributed by atoms with E-state index in [0.29, 0.717) is 17.9 Å². The summed E-state index contributed by atoms with van der Waals surface area (Å²) in [5.41, 5.74) is 0.317. The van der Waals surface area contributed by atoms with Crippen LogP contribution in [0.2, 0.25) is 0 Å². The van der Waals surface area contributed by atoms with E-state index >= 15 is 0 Å². The number of hydrogen-bond acceptors (Lipinski definition) is 4. The summed E-state index contributed by atoms with van der Waals surface area (Å²) < 4.78 is 32.5. The maximum Gasteiger partial charge on any atom is 0.251 e. The fourth-order valence-electron chi connectivity index (χ4n) is 3.04. The molecule has 2 aromatic rings. The Bertz CT molecular complexity index is 831. The number of carbonyl (C=O) groups is 1. The Morgan fingerprint density at radius 2 is 2.12 bits per heavy atom. The van der Waals surface area contributed by atoms with Gasteiger partial charge in [-0.3, -0.25) is 4.79 Å². The lowest BCUT2D eigenvalue weighted by Gasteiger charge is -2.32. The lowest BCUT2D eigenvalue weighted by Crippen LogP contribution is -2.42. The van der Waals surface area contributed by atoms with Crippen molar-refractivity contribution >= 4 is 15.9 Å². The van der Waals surface area contributed by atoms with E-state index in [0.717, 1.165) is 19.3 Å². The fourth-order valence-corrected chi connectivity index (χ4v) is 4.79. The molecule has 25 heavy (non-hydrogen) atoms. The molecule has 0 aliphatic carbocycles. The first-order chi connectivity index (χ1) is 12.0. The molecule has 6 nitrogen and oxygen atoms in total. The van der Waals surface area contributed by atoms with Crippen molar-refractivity contribution in [3.63, 3.8) is 0 Å². The molecule has 1 aromatic carbocycles. The summed E-state index contributed by atoms with van der Waals surface area (Å²) in [6.07, 6.45) is 4.31. The van der Waals surface area contributed by atoms with Crippen LogP contribution in [-0.4, -0.2) is 31.2 Å². The van der Waals surface area contributed by atoms with Crippen LogP contribution in [0.4, 0.5) is 0 Å². The van der Waals surface area contributed by atoms with Crippen molar-refractivity contribution in [2.45, 2.75) is 43.7 Å². The van der Waals surface area contributed by atoms with Crippen LogP contribution in [0.25, 0.3) is 0 Å². The molecule has 1 aliphatic rings. The number of sulfonamides is 1. The van der Waals surface area contributed by atoms with Gasteiger partial charge >= 0.3 is 0 Å². The van der Waals surface area contributed by atoms with E-state index < -0.39 is 10.0 Å². The number of nitrogens with one attached hydrogen (secondary N) is 1. The van der Waals surface area contributed by atoms with E-state index in [4.69, 9.17) is 4.42 Å². The summed E-state index contributed by atoms with van der Waals surface area (Å²) in [6, 6.07) is 9.68. The molecule has 7 heteroatoms. The monoisotopic (exact) mass is 362 g/mol. The number of carbonyl (C=O) groups excluding carboxylic acids is 1. The zero-order valence-electron chi connectivity index (χ0n) is 14.1. The molecule has 1 fully saturated rings. The number of furan rings is 1. The van der Waals surface area contributed by atoms with Gasteiger partial charge in [0.25, 0.3) is 5.91 Å². The molecule has 2 heterocycles. The van der Waals surface area contributed by atoms with E-state index in [-0.39, 0.29) is 23.4 Å². The van der Waals surface area contributed by atoms with Crippen LogP contribution < -0.4 is 5.32 Å². The van der Waals surface area contributed by atoms with Crippen LogP contribution in [0.3, 0.4) is 0 Å². The molecule has 0 radical (unpaired) electrons. The standard InChI is InChI=1S/C18H22N2O4S/c1-14-6-2-3-10-20(14)25(22,23)17-9-4-7-15(12-17)18(21)19-13-16-8-5-11-24-16/h4-5,7-9,11-12,14H,2-3,6,10,13H2,1H3,(H,19,21)/t14-/m1/s1. The van der Waals surface area contributed by atoms with Crippen molar-refractivity contribution in [2.24, 2.45) is 0 Å². The maximum absolute atomic E-state index is 12.9. The van der Waals surface area contributed by atoms with Gasteiger partial charge < -0.3 is 9.73 Å². The highest BCUT2D eigenvalue weighted by Crippen LogP contribution is 2.25. The topological polar surface area (TPSA) is 79.6 Å². The molecule has 134 valence electrons. The highest BCUT2D eigenvalue weighted by Gasteiger charge is 2.31. The summed E-state index contributed by atoms with van der Waals surface area (Å²) in [7, 11) is -3.59. The minimum Gasteiger partial charge on any atom is -0.467 e. The van der Waals surface area contributed by atoms with Crippen molar-refractivity contribution in [1.82, 2.24) is 9.62 Å². The van der Waals surface area contributed by atoms with Crippen molar-refractivity contribution in [2.75, 3.05) is 6.54 Å². The molecule has 1 aromatic heterocycles. The Balaban J connectivity index is 1.77. The van der Waals surface area contributed by atoms with Crippen LogP contribution in [0.1, 0.15) is 42.3 Å². The number of benzene rings is 1. The number of nitrogens with zero attached hydrogens (tertiary/aromatic N) is 1. The summed E-state index contributed by atoms with van der Waals surface area (Å²) in [5.74, 6) is 0.305. The molecule has 0 bridgehead atoms. The van der Waals surface area contributed by atoms with Gasteiger partial charge in [-0.1, -0.05) is 12.5 Å². The average Bonchev–Trinajstić information content (AvgIpc) is 3.13. The predicted molar refractivity (Wildman–Crippen MR) is 93.5 cm³/mol. The molecule has 1 aliphatic heterocycles. The highest BCUT2D eigenvalue weighted by atomic mass is 32.2. The van der Waals surface area contributed by atoms with E-state index in [2.05, 4.69) is 5.32 Å². The number of hydrogen-bond donors (Lipinski definition) is 1. The predicted octanol–water partition coefficient (Wildman–Crippen LogP) is 2.77. The van der Waals surface area contributed by atoms with Gasteiger partial charge in [0.2, 0.25) is 10.0 Å². The summed E-state index contributed by atoms with van der Waals surface area (Å²) in [6.45, 7) is 2.71. The van der Waals surface area contributed by atoms with Crippen LogP contribution >= 0.6 is 0 Å². The van der Waals surface area contributed by atoms with Crippen LogP contribution in [0.5, 0.6) is 0 Å². The normalized spacial score (nSPS) is 18.8. The Hall–Kier alpha value is -2.12. The van der Waals surface area contributed by atoms with Gasteiger partial charge in [0.1, 0.15) is 5.76 Å². The van der Waals surface area contributed by atoms with Crippen molar-refractivity contribution < 1.29 is 17.6 Å². The third-order valence-electron chi connectivity index (χ3n) is 4.45. The Morgan fingerprint density at radius 3 is 2.84 bits per heavy atom. The second-order valence-corrected chi connectivity index (χ2v) is 8.14. The molecule has 1 N–H and O–H groups in total. The molecule has 0 spiro atoms. The van der Waals surface area contributed by atoms with Crippen LogP contribution in [-0.2, 0) is 16.6 Å². The fraction of sp³-hybridized carbons (Fsp3) is 0.389. The molecule has 0 saturated carbocycles. The van der Waals surface area contributed by atoms with Gasteiger partial charge in [0, 0.05) is 18.2 Å². The van der Waals surface area contributed by atoms with Gasteiger partial charge in [-0.05, 0) is 50.1 Å². The molecule has 0 unspecified atom stereocenters. The molecule has 1 atom stereocenters. The van der Waals surface area contributed by atoms with E-state index in [1.165, 1.54) is 16.6 Å². The van der Waals surface area contributed by atoms with Crippen LogP contribution in [0, 0.1) is 0 Å². The molecular weight excluding hydrogens is 340 g/mol. The van der Waals surface area contributed by atoms with Crippen LogP contribution in [0.15, 0.2) is 52.0 Å². The Kier molecular flexibility index (Phi) is 5.24. The SMILES string of the molecule is C[C@@H]1CCCCN1S(=O)(=O)c1cccc(C(=O)NCc2ccco2)c1. The van der Waals surface area contributed by atoms with Gasteiger partial charge in [0.05, 0.1) is 17.7 Å². The zero-order chi connectivity index (χ0) is 17.9. The molecule has 1 saturated heterocycles. The maximum atomic E-state index is 12.9. The zero-order valence-corrected chi connectivity index (χ0v) is 15.0. The largest absolute Gasteiger partial charge is 0.467 e. The lowest BCUT2D eigenvalue weighted by molar-refractivity contribution is 0.0948. The van der Waals surface area contributed by atoms with Gasteiger partial charge in [-0.2, -0.15) is 4.31 Å². The average molecular weight is 362 g/mol. The molecule has 1 amide bonds. The molecular formula is C18H22N2O4S. The Labute approximate surface area is 147 Å². The van der Waals surface area contributed by atoms with Crippen molar-refractivity contribution in [1.29, 1.82) is 0 Å². The Morgan fingerprint density at radius 1 is 1.28 bits per heavy atom.